The average Bonchev–Trinajstić information content (AvgIpc) is 3.02. The van der Waals surface area contributed by atoms with Gasteiger partial charge in [-0.05, 0) is 37.2 Å². The van der Waals surface area contributed by atoms with Crippen molar-refractivity contribution in [2.24, 2.45) is 17.8 Å². The molecule has 0 spiro atoms. The van der Waals surface area contributed by atoms with Crippen molar-refractivity contribution >= 4 is 17.7 Å². The van der Waals surface area contributed by atoms with Gasteiger partial charge < -0.3 is 5.32 Å². The molecule has 0 bridgehead atoms. The van der Waals surface area contributed by atoms with Crippen LogP contribution in [0.25, 0.3) is 0 Å². The Balaban J connectivity index is 1.38. The number of benzene rings is 1. The Morgan fingerprint density at radius 2 is 1.48 bits per heavy atom. The van der Waals surface area contributed by atoms with Gasteiger partial charge in [0, 0.05) is 13.0 Å². The molecule has 1 aliphatic heterocycles. The number of imide groups is 1. The van der Waals surface area contributed by atoms with E-state index in [1.165, 1.54) is 24.2 Å². The molecule has 3 atom stereocenters. The van der Waals surface area contributed by atoms with Gasteiger partial charge in [0.1, 0.15) is 0 Å². The quantitative estimate of drug-likeness (QED) is 0.740. The molecule has 2 aliphatic carbocycles. The Hall–Kier alpha value is -2.17. The molecule has 4 rings (SSSR count). The first-order valence-corrected chi connectivity index (χ1v) is 11.3. The first kappa shape index (κ1) is 20.1. The number of nitrogens with one attached hydrogen (secondary N) is 1. The van der Waals surface area contributed by atoms with Crippen LogP contribution in [0.2, 0.25) is 0 Å². The number of likely N-dealkylation sites (tertiary alicyclic amines) is 1. The maximum absolute atomic E-state index is 12.8. The second-order valence-electron chi connectivity index (χ2n) is 8.93. The SMILES string of the molecule is O=C(CCN1C(=O)C2CCCCC2C1=O)NC(c1ccccc1)C1CCCCC1. The maximum Gasteiger partial charge on any atom is 0.233 e. The third-order valence-corrected chi connectivity index (χ3v) is 7.09. The van der Waals surface area contributed by atoms with Crippen molar-refractivity contribution in [1.82, 2.24) is 10.2 Å². The predicted octanol–water partition coefficient (Wildman–Crippen LogP) is 3.99. The summed E-state index contributed by atoms with van der Waals surface area (Å²) in [6, 6.07) is 10.2. The number of carbonyl (C=O) groups is 3. The summed E-state index contributed by atoms with van der Waals surface area (Å²) in [4.78, 5) is 39.4. The predicted molar refractivity (Wildman–Crippen MR) is 111 cm³/mol. The van der Waals surface area contributed by atoms with Crippen LogP contribution in [0.15, 0.2) is 30.3 Å². The zero-order valence-corrected chi connectivity index (χ0v) is 17.1. The van der Waals surface area contributed by atoms with Crippen LogP contribution in [-0.4, -0.2) is 29.2 Å². The molecule has 29 heavy (non-hydrogen) atoms. The zero-order valence-electron chi connectivity index (χ0n) is 17.1. The molecule has 3 fully saturated rings. The summed E-state index contributed by atoms with van der Waals surface area (Å²) in [6.07, 6.45) is 9.82. The van der Waals surface area contributed by atoms with E-state index >= 15 is 0 Å². The van der Waals surface area contributed by atoms with Gasteiger partial charge in [-0.15, -0.1) is 0 Å². The van der Waals surface area contributed by atoms with Crippen molar-refractivity contribution in [2.75, 3.05) is 6.54 Å². The van der Waals surface area contributed by atoms with Crippen LogP contribution in [0.1, 0.15) is 75.8 Å². The molecular formula is C24H32N2O3. The highest BCUT2D eigenvalue weighted by atomic mass is 16.2. The summed E-state index contributed by atoms with van der Waals surface area (Å²) in [5.74, 6) is -0.0102. The van der Waals surface area contributed by atoms with E-state index in [4.69, 9.17) is 0 Å². The number of hydrogen-bond acceptors (Lipinski definition) is 3. The largest absolute Gasteiger partial charge is 0.349 e. The van der Waals surface area contributed by atoms with Gasteiger partial charge in [-0.2, -0.15) is 0 Å². The number of amides is 3. The van der Waals surface area contributed by atoms with Gasteiger partial charge in [-0.25, -0.2) is 0 Å². The molecule has 3 aliphatic rings. The monoisotopic (exact) mass is 396 g/mol. The lowest BCUT2D eigenvalue weighted by atomic mass is 9.81. The number of fused-ring (bicyclic) bond motifs is 1. The number of rotatable bonds is 6. The van der Waals surface area contributed by atoms with Crippen LogP contribution < -0.4 is 5.32 Å². The van der Waals surface area contributed by atoms with Gasteiger partial charge in [0.25, 0.3) is 0 Å². The molecule has 0 radical (unpaired) electrons. The standard InChI is InChI=1S/C24H32N2O3/c27-21(15-16-26-23(28)19-13-7-8-14-20(19)24(26)29)25-22(17-9-3-1-4-10-17)18-11-5-2-6-12-18/h1,3-4,9-10,18-20,22H,2,5-8,11-16H2,(H,25,27). The fourth-order valence-electron chi connectivity index (χ4n) is 5.51. The molecule has 1 aromatic carbocycles. The lowest BCUT2D eigenvalue weighted by Crippen LogP contribution is -2.38. The van der Waals surface area contributed by atoms with E-state index in [1.807, 2.05) is 18.2 Å². The van der Waals surface area contributed by atoms with Crippen LogP contribution in [0.3, 0.4) is 0 Å². The molecular weight excluding hydrogens is 364 g/mol. The topological polar surface area (TPSA) is 66.5 Å². The molecule has 1 saturated heterocycles. The third kappa shape index (κ3) is 4.39. The lowest BCUT2D eigenvalue weighted by Gasteiger charge is -2.31. The van der Waals surface area contributed by atoms with E-state index in [1.54, 1.807) is 0 Å². The fourth-order valence-corrected chi connectivity index (χ4v) is 5.51. The molecule has 156 valence electrons. The van der Waals surface area contributed by atoms with E-state index in [0.29, 0.717) is 5.92 Å². The minimum absolute atomic E-state index is 0.0107. The summed E-state index contributed by atoms with van der Waals surface area (Å²) >= 11 is 0. The molecule has 1 heterocycles. The highest BCUT2D eigenvalue weighted by molar-refractivity contribution is 6.05. The highest BCUT2D eigenvalue weighted by Crippen LogP contribution is 2.38. The number of nitrogens with zero attached hydrogens (tertiary/aromatic N) is 1. The van der Waals surface area contributed by atoms with E-state index in [-0.39, 0.29) is 48.6 Å². The van der Waals surface area contributed by atoms with E-state index in [2.05, 4.69) is 17.4 Å². The van der Waals surface area contributed by atoms with Crippen molar-refractivity contribution in [3.63, 3.8) is 0 Å². The van der Waals surface area contributed by atoms with Crippen LogP contribution in [0.5, 0.6) is 0 Å². The molecule has 5 nitrogen and oxygen atoms in total. The zero-order chi connectivity index (χ0) is 20.2. The van der Waals surface area contributed by atoms with Crippen LogP contribution >= 0.6 is 0 Å². The van der Waals surface area contributed by atoms with Gasteiger partial charge in [0.15, 0.2) is 0 Å². The molecule has 1 N–H and O–H groups in total. The molecule has 1 aromatic rings. The fraction of sp³-hybridized carbons (Fsp3) is 0.625. The van der Waals surface area contributed by atoms with Gasteiger partial charge in [0.2, 0.25) is 17.7 Å². The Morgan fingerprint density at radius 1 is 0.897 bits per heavy atom. The third-order valence-electron chi connectivity index (χ3n) is 7.09. The van der Waals surface area contributed by atoms with Crippen LogP contribution in [0, 0.1) is 17.8 Å². The van der Waals surface area contributed by atoms with E-state index in [9.17, 15) is 14.4 Å². The Bertz CT molecular complexity index is 718. The minimum atomic E-state index is -0.140. The number of carbonyl (C=O) groups excluding carboxylic acids is 3. The smallest absolute Gasteiger partial charge is 0.233 e. The maximum atomic E-state index is 12.8. The summed E-state index contributed by atoms with van der Waals surface area (Å²) in [7, 11) is 0. The van der Waals surface area contributed by atoms with E-state index in [0.717, 1.165) is 44.1 Å². The molecule has 2 saturated carbocycles. The van der Waals surface area contributed by atoms with Crippen LogP contribution in [0.4, 0.5) is 0 Å². The molecule has 3 amide bonds. The first-order chi connectivity index (χ1) is 14.1. The molecule has 5 heteroatoms. The lowest BCUT2D eigenvalue weighted by molar-refractivity contribution is -0.140. The Kier molecular flexibility index (Phi) is 6.31. The second-order valence-corrected chi connectivity index (χ2v) is 8.93. The Morgan fingerprint density at radius 3 is 2.10 bits per heavy atom. The summed E-state index contributed by atoms with van der Waals surface area (Å²) < 4.78 is 0. The van der Waals surface area contributed by atoms with Crippen LogP contribution in [-0.2, 0) is 14.4 Å². The highest BCUT2D eigenvalue weighted by Gasteiger charge is 2.47. The van der Waals surface area contributed by atoms with Crippen molar-refractivity contribution in [1.29, 1.82) is 0 Å². The van der Waals surface area contributed by atoms with E-state index < -0.39 is 0 Å². The van der Waals surface area contributed by atoms with Crippen molar-refractivity contribution in [3.05, 3.63) is 35.9 Å². The minimum Gasteiger partial charge on any atom is -0.349 e. The normalized spacial score (nSPS) is 26.3. The molecule has 0 aromatic heterocycles. The Labute approximate surface area is 173 Å². The van der Waals surface area contributed by atoms with Gasteiger partial charge in [-0.1, -0.05) is 62.4 Å². The second kappa shape index (κ2) is 9.10. The van der Waals surface area contributed by atoms with Gasteiger partial charge in [0.05, 0.1) is 17.9 Å². The summed E-state index contributed by atoms with van der Waals surface area (Å²) in [5, 5.41) is 3.23. The number of hydrogen-bond donors (Lipinski definition) is 1. The first-order valence-electron chi connectivity index (χ1n) is 11.3. The van der Waals surface area contributed by atoms with Gasteiger partial charge >= 0.3 is 0 Å². The van der Waals surface area contributed by atoms with Crippen molar-refractivity contribution in [2.45, 2.75) is 70.3 Å². The van der Waals surface area contributed by atoms with Crippen molar-refractivity contribution in [3.8, 4) is 0 Å². The van der Waals surface area contributed by atoms with Crippen molar-refractivity contribution < 1.29 is 14.4 Å². The molecule has 3 unspecified atom stereocenters. The summed E-state index contributed by atoms with van der Waals surface area (Å²) in [5.41, 5.74) is 1.15. The summed E-state index contributed by atoms with van der Waals surface area (Å²) in [6.45, 7) is 0.211. The average molecular weight is 397 g/mol. The van der Waals surface area contributed by atoms with Gasteiger partial charge in [-0.3, -0.25) is 19.3 Å².